The minimum atomic E-state index is -0.357. The van der Waals surface area contributed by atoms with Crippen molar-refractivity contribution in [1.82, 2.24) is 0 Å². The Morgan fingerprint density at radius 3 is 2.65 bits per heavy atom. The molecule has 0 aliphatic carbocycles. The van der Waals surface area contributed by atoms with Gasteiger partial charge in [0.15, 0.2) is 0 Å². The number of esters is 1. The molecule has 0 atom stereocenters. The van der Waals surface area contributed by atoms with Crippen molar-refractivity contribution < 1.29 is 9.53 Å². The van der Waals surface area contributed by atoms with Crippen LogP contribution in [0.5, 0.6) is 0 Å². The van der Waals surface area contributed by atoms with Gasteiger partial charge in [-0.1, -0.05) is 29.4 Å². The van der Waals surface area contributed by atoms with Crippen molar-refractivity contribution in [3.63, 3.8) is 0 Å². The molecular weight excluding hydrogens is 218 g/mol. The topological polar surface area (TPSA) is 75.1 Å². The van der Waals surface area contributed by atoms with Crippen LogP contribution in [0.25, 0.3) is 16.0 Å². The van der Waals surface area contributed by atoms with Crippen molar-refractivity contribution in [2.24, 2.45) is 5.11 Å². The molecule has 0 radical (unpaired) electrons. The molecule has 0 aromatic heterocycles. The number of hydrogen-bond donors (Lipinski definition) is 0. The van der Waals surface area contributed by atoms with Gasteiger partial charge in [0.05, 0.1) is 6.61 Å². The average Bonchev–Trinajstić information content (AvgIpc) is 2.30. The maximum atomic E-state index is 11.2. The molecule has 88 valence electrons. The third kappa shape index (κ3) is 4.01. The zero-order valence-corrected chi connectivity index (χ0v) is 9.75. The molecule has 0 amide bonds. The van der Waals surface area contributed by atoms with Crippen molar-refractivity contribution in [3.05, 3.63) is 46.3 Å². The van der Waals surface area contributed by atoms with Crippen molar-refractivity contribution >= 4 is 17.2 Å². The lowest BCUT2D eigenvalue weighted by atomic mass is 10.1. The van der Waals surface area contributed by atoms with Crippen LogP contribution < -0.4 is 0 Å². The average molecular weight is 231 g/mol. The number of rotatable bonds is 4. The number of azide groups is 1. The number of carbonyl (C=O) groups excluding carboxylic acids is 1. The lowest BCUT2D eigenvalue weighted by Gasteiger charge is -2.02. The van der Waals surface area contributed by atoms with E-state index in [-0.39, 0.29) is 5.97 Å². The summed E-state index contributed by atoms with van der Waals surface area (Å²) >= 11 is 0. The fourth-order valence-corrected chi connectivity index (χ4v) is 1.29. The van der Waals surface area contributed by atoms with Gasteiger partial charge in [0.25, 0.3) is 0 Å². The predicted molar refractivity (Wildman–Crippen MR) is 65.5 cm³/mol. The molecule has 0 fully saturated rings. The zero-order chi connectivity index (χ0) is 12.7. The van der Waals surface area contributed by atoms with Crippen molar-refractivity contribution in [2.45, 2.75) is 13.8 Å². The van der Waals surface area contributed by atoms with Crippen molar-refractivity contribution in [1.29, 1.82) is 0 Å². The van der Waals surface area contributed by atoms with Crippen molar-refractivity contribution in [2.75, 3.05) is 6.61 Å². The van der Waals surface area contributed by atoms with Gasteiger partial charge in [-0.2, -0.15) is 0 Å². The zero-order valence-electron chi connectivity index (χ0n) is 9.75. The van der Waals surface area contributed by atoms with Crippen molar-refractivity contribution in [3.8, 4) is 0 Å². The molecule has 0 heterocycles. The smallest absolute Gasteiger partial charge is 0.331 e. The third-order valence-corrected chi connectivity index (χ3v) is 2.10. The number of benzene rings is 1. The molecule has 0 aliphatic heterocycles. The van der Waals surface area contributed by atoms with Gasteiger partial charge in [-0.15, -0.1) is 0 Å². The molecule has 0 bridgehead atoms. The predicted octanol–water partition coefficient (Wildman–Crippen LogP) is 3.59. The third-order valence-electron chi connectivity index (χ3n) is 2.10. The van der Waals surface area contributed by atoms with Crippen LogP contribution in [-0.2, 0) is 9.53 Å². The highest BCUT2D eigenvalue weighted by atomic mass is 16.5. The summed E-state index contributed by atoms with van der Waals surface area (Å²) in [6.45, 7) is 3.94. The second kappa shape index (κ2) is 6.35. The second-order valence-corrected chi connectivity index (χ2v) is 3.32. The maximum Gasteiger partial charge on any atom is 0.331 e. The van der Waals surface area contributed by atoms with Gasteiger partial charge >= 0.3 is 5.97 Å². The number of allylic oxidation sites excluding steroid dienone is 1. The first-order valence-corrected chi connectivity index (χ1v) is 5.18. The summed E-state index contributed by atoms with van der Waals surface area (Å²) in [5.74, 6) is -0.357. The molecule has 1 aromatic carbocycles. The summed E-state index contributed by atoms with van der Waals surface area (Å²) in [5, 5.41) is 3.47. The largest absolute Gasteiger partial charge is 0.463 e. The molecule has 0 aliphatic rings. The van der Waals surface area contributed by atoms with Crippen LogP contribution in [0.4, 0.5) is 5.69 Å². The first-order valence-electron chi connectivity index (χ1n) is 5.18. The Bertz CT molecular complexity index is 471. The number of ether oxygens (including phenoxy) is 1. The Morgan fingerprint density at radius 2 is 2.12 bits per heavy atom. The molecule has 0 N–H and O–H groups in total. The van der Waals surface area contributed by atoms with E-state index >= 15 is 0 Å². The highest BCUT2D eigenvalue weighted by Gasteiger charge is 2.00. The van der Waals surface area contributed by atoms with E-state index in [0.29, 0.717) is 12.3 Å². The highest BCUT2D eigenvalue weighted by Crippen LogP contribution is 2.18. The first kappa shape index (κ1) is 12.8. The molecule has 5 nitrogen and oxygen atoms in total. The van der Waals surface area contributed by atoms with Gasteiger partial charge in [0, 0.05) is 16.7 Å². The van der Waals surface area contributed by atoms with E-state index < -0.39 is 0 Å². The van der Waals surface area contributed by atoms with Crippen LogP contribution in [0.2, 0.25) is 0 Å². The number of carbonyl (C=O) groups is 1. The van der Waals surface area contributed by atoms with Gasteiger partial charge < -0.3 is 4.74 Å². The molecule has 0 saturated carbocycles. The summed E-state index contributed by atoms with van der Waals surface area (Å²) < 4.78 is 4.81. The summed E-state index contributed by atoms with van der Waals surface area (Å²) in [6, 6.07) is 6.96. The minimum absolute atomic E-state index is 0.357. The van der Waals surface area contributed by atoms with E-state index in [1.54, 1.807) is 31.2 Å². The van der Waals surface area contributed by atoms with Crippen LogP contribution in [0.3, 0.4) is 0 Å². The fraction of sp³-hybridized carbons (Fsp3) is 0.250. The van der Waals surface area contributed by atoms with Gasteiger partial charge in [-0.3, -0.25) is 0 Å². The van der Waals surface area contributed by atoms with Gasteiger partial charge in [-0.05, 0) is 30.5 Å². The van der Waals surface area contributed by atoms with Crippen LogP contribution in [-0.4, -0.2) is 12.6 Å². The van der Waals surface area contributed by atoms with E-state index in [1.165, 1.54) is 6.08 Å². The minimum Gasteiger partial charge on any atom is -0.463 e. The van der Waals surface area contributed by atoms with E-state index in [4.69, 9.17) is 10.3 Å². The quantitative estimate of drug-likeness (QED) is 0.261. The van der Waals surface area contributed by atoms with Crippen LogP contribution in [0.1, 0.15) is 19.4 Å². The monoisotopic (exact) mass is 231 g/mol. The molecule has 0 spiro atoms. The standard InChI is InChI=1S/C12H13N3O2/c1-3-17-12(16)8-9(2)10-4-6-11(7-5-10)14-15-13/h4-8H,3H2,1-2H3/b9-8+. The Morgan fingerprint density at radius 1 is 1.47 bits per heavy atom. The first-order chi connectivity index (χ1) is 8.17. The molecule has 0 saturated heterocycles. The fourth-order valence-electron chi connectivity index (χ4n) is 1.29. The van der Waals surface area contributed by atoms with E-state index in [1.807, 2.05) is 6.92 Å². The Labute approximate surface area is 99.3 Å². The van der Waals surface area contributed by atoms with E-state index in [9.17, 15) is 4.79 Å². The lowest BCUT2D eigenvalue weighted by Crippen LogP contribution is -2.00. The number of hydrogen-bond acceptors (Lipinski definition) is 3. The second-order valence-electron chi connectivity index (χ2n) is 3.32. The Balaban J connectivity index is 2.85. The lowest BCUT2D eigenvalue weighted by molar-refractivity contribution is -0.137. The van der Waals surface area contributed by atoms with E-state index in [2.05, 4.69) is 10.0 Å². The summed E-state index contributed by atoms with van der Waals surface area (Å²) in [7, 11) is 0. The van der Waals surface area contributed by atoms with Crippen LogP contribution in [0.15, 0.2) is 35.5 Å². The Kier molecular flexibility index (Phi) is 4.78. The molecule has 1 aromatic rings. The molecular formula is C12H13N3O2. The summed E-state index contributed by atoms with van der Waals surface area (Å²) in [5.41, 5.74) is 10.5. The van der Waals surface area contributed by atoms with Gasteiger partial charge in [0.1, 0.15) is 0 Å². The molecule has 0 unspecified atom stereocenters. The SMILES string of the molecule is CCOC(=O)/C=C(\C)c1ccc(N=[N+]=[N-])cc1. The molecule has 5 heteroatoms. The van der Waals surface area contributed by atoms with Gasteiger partial charge in [-0.25, -0.2) is 4.79 Å². The van der Waals surface area contributed by atoms with Gasteiger partial charge in [0.2, 0.25) is 0 Å². The Hall–Kier alpha value is -2.26. The maximum absolute atomic E-state index is 11.2. The number of nitrogens with zero attached hydrogens (tertiary/aromatic N) is 3. The normalized spacial score (nSPS) is 10.6. The molecule has 1 rings (SSSR count). The molecule has 17 heavy (non-hydrogen) atoms. The summed E-state index contributed by atoms with van der Waals surface area (Å²) in [4.78, 5) is 13.9. The van der Waals surface area contributed by atoms with Crippen LogP contribution in [0, 0.1) is 0 Å². The highest BCUT2D eigenvalue weighted by molar-refractivity contribution is 5.90. The van der Waals surface area contributed by atoms with Crippen LogP contribution >= 0.6 is 0 Å². The summed E-state index contributed by atoms with van der Waals surface area (Å²) in [6.07, 6.45) is 1.44. The van der Waals surface area contributed by atoms with E-state index in [0.717, 1.165) is 11.1 Å².